The Morgan fingerprint density at radius 1 is 0.478 bits per heavy atom. The van der Waals surface area contributed by atoms with Gasteiger partial charge < -0.3 is 19.3 Å². The molecule has 16 nitrogen and oxygen atoms in total. The first-order valence-corrected chi connectivity index (χ1v) is 35.5. The Labute approximate surface area is 554 Å². The van der Waals surface area contributed by atoms with E-state index in [-0.39, 0.29) is 61.0 Å². The monoisotopic (exact) mass is 1360 g/mol. The molecule has 24 heteroatoms. The van der Waals surface area contributed by atoms with E-state index in [4.69, 9.17) is 55.9 Å². The standard InChI is InChI=1S/2C34H33Cl2FN4O4S/c2*35-25-12-10-23(11-13-25)32-33(24-4-3-5-26(36)17-24)45-31(16-21-18-38-39-19-21)34(42)41(32)30(22-8-9-22)20-40(46(43,44)27-14-15-27)29-7-2-1-6-28(29)37/h2*1-7,10-13,17-18,22,27,30-33H,8-9,14-16,19-20H2/t30-,31+,32-,33-;30-,31-,32-,33-/m11/s1. The number of hydrogen-bond donors (Lipinski definition) is 0. The second-order valence-electron chi connectivity index (χ2n) is 24.8. The second kappa shape index (κ2) is 27.0. The van der Waals surface area contributed by atoms with Crippen LogP contribution in [0, 0.1) is 23.5 Å². The lowest BCUT2D eigenvalue weighted by atomic mass is 9.88. The summed E-state index contributed by atoms with van der Waals surface area (Å²) >= 11 is 25.6. The Bertz CT molecular complexity index is 3860. The molecule has 8 atom stereocenters. The molecule has 2 saturated heterocycles. The Kier molecular flexibility index (Phi) is 18.8. The summed E-state index contributed by atoms with van der Waals surface area (Å²) in [6, 6.07) is 38.7. The first-order chi connectivity index (χ1) is 44.4. The summed E-state index contributed by atoms with van der Waals surface area (Å²) in [5, 5.41) is 17.0. The van der Waals surface area contributed by atoms with Gasteiger partial charge in [-0.15, -0.1) is 0 Å². The van der Waals surface area contributed by atoms with Crippen LogP contribution in [0.3, 0.4) is 0 Å². The van der Waals surface area contributed by atoms with E-state index in [0.717, 1.165) is 59.1 Å². The molecule has 6 fully saturated rings. The molecular formula is C68H66Cl4F2N8O8S2. The second-order valence-corrected chi connectivity index (χ2v) is 30.8. The van der Waals surface area contributed by atoms with Crippen LogP contribution >= 0.6 is 46.4 Å². The molecule has 0 spiro atoms. The van der Waals surface area contributed by atoms with Crippen LogP contribution in [0.25, 0.3) is 0 Å². The average molecular weight is 1370 g/mol. The molecule has 92 heavy (non-hydrogen) atoms. The van der Waals surface area contributed by atoms with Gasteiger partial charge in [0.1, 0.15) is 36.1 Å². The minimum atomic E-state index is -3.90. The Morgan fingerprint density at radius 2 is 0.859 bits per heavy atom. The van der Waals surface area contributed by atoms with Gasteiger partial charge in [0, 0.05) is 32.9 Å². The van der Waals surface area contributed by atoms with Gasteiger partial charge in [-0.2, -0.15) is 20.5 Å². The van der Waals surface area contributed by atoms with Crippen molar-refractivity contribution in [2.75, 3.05) is 34.8 Å². The molecule has 6 aromatic rings. The van der Waals surface area contributed by atoms with Crippen LogP contribution in [0.2, 0.25) is 20.1 Å². The largest absolute Gasteiger partial charge is 0.358 e. The van der Waals surface area contributed by atoms with E-state index >= 15 is 8.78 Å². The minimum absolute atomic E-state index is 0.00826. The predicted octanol–water partition coefficient (Wildman–Crippen LogP) is 15.3. The zero-order valence-corrected chi connectivity index (χ0v) is 54.4. The van der Waals surface area contributed by atoms with E-state index in [1.807, 2.05) is 70.5 Å². The summed E-state index contributed by atoms with van der Waals surface area (Å²) < 4.78 is 102. The topological polar surface area (TPSA) is 183 Å². The summed E-state index contributed by atoms with van der Waals surface area (Å²) in [6.07, 6.45) is 6.14. The number of carbonyl (C=O) groups excluding carboxylic acids is 2. The first-order valence-electron chi connectivity index (χ1n) is 31.0. The van der Waals surface area contributed by atoms with E-state index in [1.165, 1.54) is 45.0 Å². The molecular weight excluding hydrogens is 1300 g/mol. The number of para-hydroxylation sites is 2. The molecule has 0 N–H and O–H groups in total. The number of benzene rings is 6. The Morgan fingerprint density at radius 3 is 1.18 bits per heavy atom. The van der Waals surface area contributed by atoms with E-state index in [1.54, 1.807) is 60.9 Å². The third-order valence-electron chi connectivity index (χ3n) is 18.2. The van der Waals surface area contributed by atoms with Gasteiger partial charge in [-0.1, -0.05) is 119 Å². The molecule has 4 saturated carbocycles. The average Bonchev–Trinajstić information content (AvgIpc) is 1.72. The summed E-state index contributed by atoms with van der Waals surface area (Å²) in [4.78, 5) is 33.2. The molecule has 2 amide bonds. The van der Waals surface area contributed by atoms with Crippen LogP contribution in [0.15, 0.2) is 190 Å². The molecule has 0 unspecified atom stereocenters. The molecule has 8 aliphatic rings. The summed E-state index contributed by atoms with van der Waals surface area (Å²) in [5.41, 5.74) is 4.81. The van der Waals surface area contributed by atoms with Crippen molar-refractivity contribution < 1.29 is 44.7 Å². The maximum Gasteiger partial charge on any atom is 0.253 e. The lowest BCUT2D eigenvalue weighted by Crippen LogP contribution is -2.58. The lowest BCUT2D eigenvalue weighted by Gasteiger charge is -2.49. The van der Waals surface area contributed by atoms with Gasteiger partial charge in [0.15, 0.2) is 0 Å². The van der Waals surface area contributed by atoms with Gasteiger partial charge in [-0.3, -0.25) is 18.2 Å². The van der Waals surface area contributed by atoms with Crippen LogP contribution < -0.4 is 8.61 Å². The SMILES string of the molecule is O=C1[C@@H](CC2=CN=NC2)O[C@H](c2cccc(Cl)c2)[C@@H](c2ccc(Cl)cc2)N1[C@H](CN(c1ccccc1F)S(=O)(=O)C1CC1)C1CC1.O=C1[C@H](CC2=CN=NC2)O[C@H](c2cccc(Cl)c2)[C@@H](c2ccc(Cl)cc2)N1[C@H](CN(c1ccccc1F)S(=O)(=O)C1CC1)C1CC1. The van der Waals surface area contributed by atoms with Crippen molar-refractivity contribution >= 4 is 89.6 Å². The molecule has 6 aromatic carbocycles. The van der Waals surface area contributed by atoms with E-state index in [2.05, 4.69) is 20.5 Å². The molecule has 480 valence electrons. The number of azo groups is 2. The van der Waals surface area contributed by atoms with E-state index in [9.17, 15) is 26.4 Å². The fourth-order valence-corrected chi connectivity index (χ4v) is 17.4. The van der Waals surface area contributed by atoms with Crippen LogP contribution in [-0.2, 0) is 39.1 Å². The third-order valence-corrected chi connectivity index (χ3v) is 23.7. The quantitative estimate of drug-likeness (QED) is 0.0643. The lowest BCUT2D eigenvalue weighted by molar-refractivity contribution is -0.180. The highest BCUT2D eigenvalue weighted by Crippen LogP contribution is 2.52. The number of anilines is 2. The van der Waals surface area contributed by atoms with Crippen molar-refractivity contribution in [3.63, 3.8) is 0 Å². The molecule has 4 heterocycles. The first kappa shape index (κ1) is 64.1. The van der Waals surface area contributed by atoms with Gasteiger partial charge in [0.25, 0.3) is 11.8 Å². The highest BCUT2D eigenvalue weighted by molar-refractivity contribution is 7.94. The van der Waals surface area contributed by atoms with Crippen molar-refractivity contribution in [2.45, 2.75) is 123 Å². The number of sulfonamides is 2. The number of ether oxygens (including phenoxy) is 2. The molecule has 4 aliphatic heterocycles. The van der Waals surface area contributed by atoms with Crippen molar-refractivity contribution in [2.24, 2.45) is 32.3 Å². The van der Waals surface area contributed by atoms with Crippen LogP contribution in [0.1, 0.15) is 111 Å². The fourth-order valence-electron chi connectivity index (χ4n) is 13.0. The van der Waals surface area contributed by atoms with Gasteiger partial charge in [0.05, 0.1) is 84.6 Å². The third kappa shape index (κ3) is 14.0. The van der Waals surface area contributed by atoms with Crippen LogP contribution in [-0.4, -0.2) is 99.4 Å². The van der Waals surface area contributed by atoms with Crippen molar-refractivity contribution in [1.82, 2.24) is 9.80 Å². The number of halogens is 6. The van der Waals surface area contributed by atoms with E-state index < -0.39 is 90.8 Å². The predicted molar refractivity (Wildman–Crippen MR) is 349 cm³/mol. The van der Waals surface area contributed by atoms with Crippen LogP contribution in [0.5, 0.6) is 0 Å². The van der Waals surface area contributed by atoms with Gasteiger partial charge in [-0.05, 0) is 169 Å². The van der Waals surface area contributed by atoms with E-state index in [0.29, 0.717) is 58.9 Å². The maximum atomic E-state index is 15.4. The Balaban J connectivity index is 0.000000168. The summed E-state index contributed by atoms with van der Waals surface area (Å²) in [7, 11) is -7.79. The van der Waals surface area contributed by atoms with Crippen LogP contribution in [0.4, 0.5) is 20.2 Å². The number of amides is 2. The molecule has 4 aliphatic carbocycles. The summed E-state index contributed by atoms with van der Waals surface area (Å²) in [6.45, 7) is 0.593. The van der Waals surface area contributed by atoms with Gasteiger partial charge in [-0.25, -0.2) is 25.6 Å². The Hall–Kier alpha value is -6.62. The molecule has 14 rings (SSSR count). The molecule has 0 bridgehead atoms. The zero-order chi connectivity index (χ0) is 64.0. The normalized spacial score (nSPS) is 23.8. The number of rotatable bonds is 22. The van der Waals surface area contributed by atoms with Crippen molar-refractivity contribution in [3.05, 3.63) is 223 Å². The maximum absolute atomic E-state index is 15.4. The number of morpholine rings is 2. The van der Waals surface area contributed by atoms with Crippen molar-refractivity contribution in [3.8, 4) is 0 Å². The number of nitrogens with zero attached hydrogens (tertiary/aromatic N) is 8. The fraction of sp³-hybridized carbons (Fsp3) is 0.382. The van der Waals surface area contributed by atoms with Crippen molar-refractivity contribution in [1.29, 1.82) is 0 Å². The highest BCUT2D eigenvalue weighted by Gasteiger charge is 2.55. The van der Waals surface area contributed by atoms with Gasteiger partial charge >= 0.3 is 0 Å². The minimum Gasteiger partial charge on any atom is -0.358 e. The zero-order valence-electron chi connectivity index (χ0n) is 49.8. The highest BCUT2D eigenvalue weighted by atomic mass is 35.5. The number of carbonyl (C=O) groups is 2. The smallest absolute Gasteiger partial charge is 0.253 e. The summed E-state index contributed by atoms with van der Waals surface area (Å²) in [5.74, 6) is -1.76. The molecule has 0 aromatic heterocycles. The van der Waals surface area contributed by atoms with Gasteiger partial charge in [0.2, 0.25) is 20.0 Å². The number of hydrogen-bond acceptors (Lipinski definition) is 12. The molecule has 0 radical (unpaired) electrons.